The maximum Gasteiger partial charge on any atom is 0.227 e. The van der Waals surface area contributed by atoms with E-state index in [1.807, 2.05) is 11.9 Å². The molecule has 3 rings (SSSR count). The quantitative estimate of drug-likeness (QED) is 0.787. The molecule has 1 saturated carbocycles. The molecule has 0 unspecified atom stereocenters. The zero-order valence-corrected chi connectivity index (χ0v) is 15.1. The van der Waals surface area contributed by atoms with Crippen molar-refractivity contribution in [2.75, 3.05) is 13.6 Å². The molecule has 25 heavy (non-hydrogen) atoms. The fraction of sp³-hybridized carbons (Fsp3) is 0.684. The number of carbonyl (C=O) groups is 2. The van der Waals surface area contributed by atoms with Gasteiger partial charge in [-0.2, -0.15) is 0 Å². The lowest BCUT2D eigenvalue weighted by Gasteiger charge is -2.38. The number of likely N-dealkylation sites (tertiary alicyclic amines) is 1. The van der Waals surface area contributed by atoms with Gasteiger partial charge in [-0.25, -0.2) is 0 Å². The summed E-state index contributed by atoms with van der Waals surface area (Å²) in [5.41, 5.74) is 0.783. The van der Waals surface area contributed by atoms with Crippen molar-refractivity contribution in [3.05, 3.63) is 24.3 Å². The molecule has 1 atom stereocenters. The summed E-state index contributed by atoms with van der Waals surface area (Å²) in [5, 5.41) is 0. The molecule has 0 radical (unpaired) electrons. The second kappa shape index (κ2) is 8.41. The Bertz CT molecular complexity index is 584. The van der Waals surface area contributed by atoms with E-state index in [4.69, 9.17) is 0 Å². The van der Waals surface area contributed by atoms with Crippen LogP contribution in [0.1, 0.15) is 57.1 Å². The van der Waals surface area contributed by atoms with E-state index in [2.05, 4.69) is 9.97 Å². The maximum atomic E-state index is 12.8. The third-order valence-electron chi connectivity index (χ3n) is 5.45. The van der Waals surface area contributed by atoms with Crippen LogP contribution in [0.25, 0.3) is 0 Å². The Hall–Kier alpha value is -1.98. The van der Waals surface area contributed by atoms with E-state index in [0.717, 1.165) is 18.5 Å². The molecule has 0 N–H and O–H groups in total. The van der Waals surface area contributed by atoms with E-state index in [1.54, 1.807) is 23.5 Å². The molecule has 0 aromatic carbocycles. The highest BCUT2D eigenvalue weighted by Gasteiger charge is 2.35. The molecule has 2 aliphatic rings. The Morgan fingerprint density at radius 1 is 1.20 bits per heavy atom. The number of piperidine rings is 1. The van der Waals surface area contributed by atoms with Crippen LogP contribution in [0.15, 0.2) is 18.6 Å². The predicted molar refractivity (Wildman–Crippen MR) is 94.4 cm³/mol. The van der Waals surface area contributed by atoms with Gasteiger partial charge < -0.3 is 9.80 Å². The van der Waals surface area contributed by atoms with Crippen LogP contribution in [0.5, 0.6) is 0 Å². The Balaban J connectivity index is 1.61. The lowest BCUT2D eigenvalue weighted by Crippen LogP contribution is -2.50. The Morgan fingerprint density at radius 3 is 2.64 bits per heavy atom. The number of rotatable bonds is 4. The number of hydrogen-bond donors (Lipinski definition) is 0. The monoisotopic (exact) mass is 344 g/mol. The SMILES string of the molecule is CN(Cc1cnccn1)C(=O)[C@@H]1CCC(=O)N(C2CCCCCC2)C1. The lowest BCUT2D eigenvalue weighted by atomic mass is 9.93. The zero-order chi connectivity index (χ0) is 17.6. The third-order valence-corrected chi connectivity index (χ3v) is 5.45. The van der Waals surface area contributed by atoms with Gasteiger partial charge in [0.2, 0.25) is 11.8 Å². The van der Waals surface area contributed by atoms with Crippen molar-refractivity contribution in [2.45, 2.75) is 64.0 Å². The number of hydrogen-bond acceptors (Lipinski definition) is 4. The van der Waals surface area contributed by atoms with Crippen molar-refractivity contribution in [3.8, 4) is 0 Å². The largest absolute Gasteiger partial charge is 0.339 e. The Kier molecular flexibility index (Phi) is 6.00. The van der Waals surface area contributed by atoms with Crippen molar-refractivity contribution in [1.29, 1.82) is 0 Å². The minimum absolute atomic E-state index is 0.0948. The molecule has 0 bridgehead atoms. The van der Waals surface area contributed by atoms with E-state index >= 15 is 0 Å². The lowest BCUT2D eigenvalue weighted by molar-refractivity contribution is -0.144. The van der Waals surface area contributed by atoms with Crippen molar-refractivity contribution in [3.63, 3.8) is 0 Å². The van der Waals surface area contributed by atoms with Gasteiger partial charge >= 0.3 is 0 Å². The molecule has 2 heterocycles. The molecular formula is C19H28N4O2. The summed E-state index contributed by atoms with van der Waals surface area (Å²) < 4.78 is 0. The van der Waals surface area contributed by atoms with Gasteiger partial charge in [0, 0.05) is 38.4 Å². The molecule has 136 valence electrons. The Morgan fingerprint density at radius 2 is 1.96 bits per heavy atom. The van der Waals surface area contributed by atoms with Gasteiger partial charge in [-0.15, -0.1) is 0 Å². The summed E-state index contributed by atoms with van der Waals surface area (Å²) in [6, 6.07) is 0.330. The fourth-order valence-electron chi connectivity index (χ4n) is 4.04. The summed E-state index contributed by atoms with van der Waals surface area (Å²) in [6.45, 7) is 1.04. The minimum Gasteiger partial charge on any atom is -0.339 e. The molecule has 6 nitrogen and oxygen atoms in total. The van der Waals surface area contributed by atoms with Gasteiger partial charge in [0.25, 0.3) is 0 Å². The van der Waals surface area contributed by atoms with Crippen LogP contribution in [-0.2, 0) is 16.1 Å². The normalized spacial score (nSPS) is 22.5. The first kappa shape index (κ1) is 17.8. The van der Waals surface area contributed by atoms with E-state index in [1.165, 1.54) is 25.7 Å². The summed E-state index contributed by atoms with van der Waals surface area (Å²) in [5.74, 6) is 0.243. The van der Waals surface area contributed by atoms with Crippen LogP contribution < -0.4 is 0 Å². The van der Waals surface area contributed by atoms with E-state index < -0.39 is 0 Å². The summed E-state index contributed by atoms with van der Waals surface area (Å²) in [6.07, 6.45) is 13.2. The van der Waals surface area contributed by atoms with Gasteiger partial charge in [0.1, 0.15) is 0 Å². The van der Waals surface area contributed by atoms with Crippen molar-refractivity contribution >= 4 is 11.8 Å². The van der Waals surface area contributed by atoms with Crippen LogP contribution in [-0.4, -0.2) is 51.2 Å². The topological polar surface area (TPSA) is 66.4 Å². The highest BCUT2D eigenvalue weighted by Crippen LogP contribution is 2.28. The summed E-state index contributed by atoms with van der Waals surface area (Å²) in [4.78, 5) is 37.3. The maximum absolute atomic E-state index is 12.8. The molecule has 1 saturated heterocycles. The first-order valence-corrected chi connectivity index (χ1v) is 9.44. The molecule has 1 aromatic rings. The molecule has 0 spiro atoms. The van der Waals surface area contributed by atoms with Gasteiger partial charge in [0.15, 0.2) is 0 Å². The van der Waals surface area contributed by atoms with Crippen LogP contribution >= 0.6 is 0 Å². The van der Waals surface area contributed by atoms with Gasteiger partial charge in [0.05, 0.1) is 24.4 Å². The molecule has 1 aromatic heterocycles. The first-order valence-electron chi connectivity index (χ1n) is 9.44. The van der Waals surface area contributed by atoms with Crippen LogP contribution in [0.4, 0.5) is 0 Å². The van der Waals surface area contributed by atoms with Crippen molar-refractivity contribution in [1.82, 2.24) is 19.8 Å². The molecule has 2 fully saturated rings. The number of aromatic nitrogens is 2. The van der Waals surface area contributed by atoms with E-state index in [0.29, 0.717) is 32.0 Å². The van der Waals surface area contributed by atoms with E-state index in [9.17, 15) is 9.59 Å². The highest BCUT2D eigenvalue weighted by molar-refractivity contribution is 5.84. The molecule has 6 heteroatoms. The number of amides is 2. The van der Waals surface area contributed by atoms with Crippen LogP contribution in [0, 0.1) is 5.92 Å². The average molecular weight is 344 g/mol. The summed E-state index contributed by atoms with van der Waals surface area (Å²) in [7, 11) is 1.81. The highest BCUT2D eigenvalue weighted by atomic mass is 16.2. The predicted octanol–water partition coefficient (Wildman–Crippen LogP) is 2.40. The van der Waals surface area contributed by atoms with Gasteiger partial charge in [-0.05, 0) is 19.3 Å². The second-order valence-electron chi connectivity index (χ2n) is 7.32. The first-order chi connectivity index (χ1) is 12.1. The van der Waals surface area contributed by atoms with E-state index in [-0.39, 0.29) is 17.7 Å². The molecule has 1 aliphatic heterocycles. The zero-order valence-electron chi connectivity index (χ0n) is 15.1. The van der Waals surface area contributed by atoms with Crippen LogP contribution in [0.3, 0.4) is 0 Å². The minimum atomic E-state index is -0.0948. The van der Waals surface area contributed by atoms with Crippen molar-refractivity contribution < 1.29 is 9.59 Å². The average Bonchev–Trinajstić information content (AvgIpc) is 2.91. The fourth-order valence-corrected chi connectivity index (χ4v) is 4.04. The number of nitrogens with zero attached hydrogens (tertiary/aromatic N) is 4. The number of carbonyl (C=O) groups excluding carboxylic acids is 2. The molecule has 2 amide bonds. The second-order valence-corrected chi connectivity index (χ2v) is 7.32. The Labute approximate surface area is 149 Å². The summed E-state index contributed by atoms with van der Waals surface area (Å²) >= 11 is 0. The van der Waals surface area contributed by atoms with Crippen molar-refractivity contribution in [2.24, 2.45) is 5.92 Å². The standard InChI is InChI=1S/C19H28N4O2/c1-22(14-16-12-20-10-11-21-16)19(25)15-8-9-18(24)23(13-15)17-6-4-2-3-5-7-17/h10-12,15,17H,2-9,13-14H2,1H3/t15-/m1/s1. The molecular weight excluding hydrogens is 316 g/mol. The third kappa shape index (κ3) is 4.55. The molecule has 1 aliphatic carbocycles. The smallest absolute Gasteiger partial charge is 0.227 e. The van der Waals surface area contributed by atoms with Gasteiger partial charge in [-0.3, -0.25) is 19.6 Å². The van der Waals surface area contributed by atoms with Crippen LogP contribution in [0.2, 0.25) is 0 Å². The van der Waals surface area contributed by atoms with Gasteiger partial charge in [-0.1, -0.05) is 25.7 Å².